The van der Waals surface area contributed by atoms with Gasteiger partial charge in [-0.1, -0.05) is 42.3 Å². The second-order valence-corrected chi connectivity index (χ2v) is 10.6. The van der Waals surface area contributed by atoms with Crippen molar-refractivity contribution in [1.82, 2.24) is 14.8 Å². The Balaban J connectivity index is 1.82. The molecule has 0 bridgehead atoms. The second-order valence-electron chi connectivity index (χ2n) is 10.6. The van der Waals surface area contributed by atoms with Gasteiger partial charge in [-0.05, 0) is 44.9 Å². The summed E-state index contributed by atoms with van der Waals surface area (Å²) in [6.45, 7) is 18.4. The van der Waals surface area contributed by atoms with Crippen LogP contribution in [-0.4, -0.2) is 88.5 Å². The zero-order chi connectivity index (χ0) is 28.3. The Morgan fingerprint density at radius 1 is 1.18 bits per heavy atom. The molecule has 1 saturated heterocycles. The Labute approximate surface area is 235 Å². The number of pyridine rings is 1. The van der Waals surface area contributed by atoms with Crippen LogP contribution in [0.3, 0.4) is 0 Å². The normalized spacial score (nSPS) is 18.3. The summed E-state index contributed by atoms with van der Waals surface area (Å²) >= 11 is 0. The number of aryl methyl sites for hydroxylation is 2. The number of carbonyl (C=O) groups excluding carboxylic acids is 1. The smallest absolute Gasteiger partial charge is 0.218 e. The highest BCUT2D eigenvalue weighted by Gasteiger charge is 2.34. The van der Waals surface area contributed by atoms with Crippen molar-refractivity contribution in [1.29, 1.82) is 0 Å². The highest BCUT2D eigenvalue weighted by atomic mass is 16.1. The molecule has 0 N–H and O–H groups in total. The molecule has 202 valence electrons. The van der Waals surface area contributed by atoms with Crippen LogP contribution in [-0.2, 0) is 4.79 Å². The van der Waals surface area contributed by atoms with Gasteiger partial charge in [0.05, 0.1) is 23.6 Å². The summed E-state index contributed by atoms with van der Waals surface area (Å²) in [5, 5.41) is 0. The van der Waals surface area contributed by atoms with E-state index in [1.807, 2.05) is 38.9 Å². The molecule has 2 aliphatic rings. The molecule has 1 unspecified atom stereocenters. The molecular formula is C30H40B2N6O. The van der Waals surface area contributed by atoms with Crippen molar-refractivity contribution in [2.24, 2.45) is 4.99 Å². The summed E-state index contributed by atoms with van der Waals surface area (Å²) < 4.78 is 0. The first-order valence-electron chi connectivity index (χ1n) is 13.7. The van der Waals surface area contributed by atoms with Crippen LogP contribution < -0.4 is 20.7 Å². The van der Waals surface area contributed by atoms with E-state index in [4.69, 9.17) is 4.99 Å². The summed E-state index contributed by atoms with van der Waals surface area (Å²) in [6, 6.07) is 8.61. The van der Waals surface area contributed by atoms with Crippen LogP contribution in [0.1, 0.15) is 24.6 Å². The van der Waals surface area contributed by atoms with Crippen LogP contribution in [0.5, 0.6) is 0 Å². The highest BCUT2D eigenvalue weighted by Crippen LogP contribution is 2.32. The third-order valence-corrected chi connectivity index (χ3v) is 8.05. The van der Waals surface area contributed by atoms with Crippen LogP contribution in [0.25, 0.3) is 0 Å². The average molecular weight is 522 g/mol. The minimum absolute atomic E-state index is 0.228. The van der Waals surface area contributed by atoms with Gasteiger partial charge in [0.25, 0.3) is 0 Å². The lowest BCUT2D eigenvalue weighted by atomic mass is 9.89. The van der Waals surface area contributed by atoms with Crippen molar-refractivity contribution < 1.29 is 4.79 Å². The van der Waals surface area contributed by atoms with E-state index in [-0.39, 0.29) is 6.04 Å². The molecule has 2 aliphatic heterocycles. The van der Waals surface area contributed by atoms with Gasteiger partial charge < -0.3 is 14.7 Å². The number of hydrogen-bond acceptors (Lipinski definition) is 5. The molecule has 1 aromatic carbocycles. The number of allylic oxidation sites excluding steroid dienone is 1. The van der Waals surface area contributed by atoms with E-state index in [1.165, 1.54) is 16.7 Å². The van der Waals surface area contributed by atoms with Crippen LogP contribution in [0.2, 0.25) is 0 Å². The Morgan fingerprint density at radius 3 is 2.56 bits per heavy atom. The number of hydrogen-bond donors (Lipinski definition) is 0. The van der Waals surface area contributed by atoms with E-state index in [0.717, 1.165) is 78.7 Å². The quantitative estimate of drug-likeness (QED) is 0.179. The molecule has 0 saturated carbocycles. The molecule has 3 heterocycles. The van der Waals surface area contributed by atoms with Crippen molar-refractivity contribution in [3.63, 3.8) is 0 Å². The summed E-state index contributed by atoms with van der Waals surface area (Å²) in [5.74, 6) is 0.966. The molecule has 1 aromatic heterocycles. The van der Waals surface area contributed by atoms with E-state index in [9.17, 15) is 4.79 Å². The molecule has 7 nitrogen and oxygen atoms in total. The van der Waals surface area contributed by atoms with E-state index in [2.05, 4.69) is 72.7 Å². The van der Waals surface area contributed by atoms with Crippen molar-refractivity contribution >= 4 is 50.2 Å². The zero-order valence-corrected chi connectivity index (χ0v) is 24.4. The van der Waals surface area contributed by atoms with Crippen LogP contribution >= 0.6 is 0 Å². The number of amidine groups is 1. The molecule has 0 radical (unpaired) electrons. The number of aliphatic imine (C=N–C) groups is 1. The third-order valence-electron chi connectivity index (χ3n) is 8.05. The van der Waals surface area contributed by atoms with Gasteiger partial charge in [0.1, 0.15) is 21.5 Å². The molecule has 2 aromatic rings. The minimum Gasteiger partial charge on any atom is -0.368 e. The van der Waals surface area contributed by atoms with Crippen LogP contribution in [0.4, 0.5) is 11.4 Å². The van der Waals surface area contributed by atoms with Gasteiger partial charge in [0, 0.05) is 62.4 Å². The van der Waals surface area contributed by atoms with Gasteiger partial charge in [0.15, 0.2) is 0 Å². The predicted molar refractivity (Wildman–Crippen MR) is 169 cm³/mol. The lowest BCUT2D eigenvalue weighted by Crippen LogP contribution is -2.55. The van der Waals surface area contributed by atoms with E-state index < -0.39 is 0 Å². The first kappa shape index (κ1) is 28.3. The Hall–Kier alpha value is -3.74. The van der Waals surface area contributed by atoms with Crippen molar-refractivity contribution in [2.75, 3.05) is 49.6 Å². The molecule has 39 heavy (non-hydrogen) atoms. The van der Waals surface area contributed by atoms with Gasteiger partial charge >= 0.3 is 0 Å². The van der Waals surface area contributed by atoms with E-state index in [0.29, 0.717) is 6.54 Å². The predicted octanol–water partition coefficient (Wildman–Crippen LogP) is 1.08. The topological polar surface area (TPSA) is 55.3 Å². The standard InChI is InChI=1S/C30H40B2N6O/c1-7-21(3)35-15-16-37(22(4)17-35)30(33-6)24-12-14-36(28-20(2)9-8-10-25(28)31)18-27(24)38(19-39)29-23(5)34-13-11-26(29)32/h7-11,13,19,22H,1,3,12,14-18,31-32H2,2,4-6H3/b33-30+. The summed E-state index contributed by atoms with van der Waals surface area (Å²) in [4.78, 5) is 31.2. The van der Waals surface area contributed by atoms with Gasteiger partial charge in [-0.15, -0.1) is 0 Å². The summed E-state index contributed by atoms with van der Waals surface area (Å²) in [7, 11) is 6.06. The first-order chi connectivity index (χ1) is 18.7. The maximum Gasteiger partial charge on any atom is 0.218 e. The highest BCUT2D eigenvalue weighted by molar-refractivity contribution is 6.37. The first-order valence-corrected chi connectivity index (χ1v) is 13.7. The molecule has 1 amide bonds. The second kappa shape index (κ2) is 12.0. The maximum absolute atomic E-state index is 12.9. The van der Waals surface area contributed by atoms with Crippen molar-refractivity contribution in [3.05, 3.63) is 77.9 Å². The number of benzene rings is 1. The molecule has 1 atom stereocenters. The molecule has 0 aliphatic carbocycles. The Morgan fingerprint density at radius 2 is 1.95 bits per heavy atom. The Kier molecular flexibility index (Phi) is 8.68. The molecule has 4 rings (SSSR count). The average Bonchev–Trinajstić information content (AvgIpc) is 2.92. The van der Waals surface area contributed by atoms with Gasteiger partial charge in [0.2, 0.25) is 6.41 Å². The minimum atomic E-state index is 0.228. The number of carbonyl (C=O) groups is 1. The number of rotatable bonds is 7. The van der Waals surface area contributed by atoms with Crippen molar-refractivity contribution in [2.45, 2.75) is 33.2 Å². The molecule has 9 heteroatoms. The number of amides is 1. The lowest BCUT2D eigenvalue weighted by molar-refractivity contribution is -0.107. The largest absolute Gasteiger partial charge is 0.368 e. The van der Waals surface area contributed by atoms with Gasteiger partial charge in [-0.2, -0.15) is 0 Å². The molecule has 0 spiro atoms. The van der Waals surface area contributed by atoms with Crippen LogP contribution in [0.15, 0.2) is 71.7 Å². The lowest BCUT2D eigenvalue weighted by Gasteiger charge is -2.45. The monoisotopic (exact) mass is 522 g/mol. The third kappa shape index (κ3) is 5.53. The fraction of sp³-hybridized carbons (Fsp3) is 0.367. The summed E-state index contributed by atoms with van der Waals surface area (Å²) in [5.41, 5.74) is 9.44. The molecule has 1 fully saturated rings. The SMILES string of the molecule is Bc1cccc(C)c1N1CCC(/C(=N\C)N2CCN(C(=C)C=C)CC2C)=C(N(C=O)c2c(B)ccnc2C)C1. The fourth-order valence-corrected chi connectivity index (χ4v) is 6.10. The summed E-state index contributed by atoms with van der Waals surface area (Å²) in [6.07, 6.45) is 5.35. The van der Waals surface area contributed by atoms with Crippen LogP contribution in [0, 0.1) is 13.8 Å². The van der Waals surface area contributed by atoms with E-state index in [1.54, 1.807) is 6.20 Å². The number of nitrogens with zero attached hydrogens (tertiary/aromatic N) is 6. The molecular weight excluding hydrogens is 482 g/mol. The zero-order valence-electron chi connectivity index (χ0n) is 24.4. The number of anilines is 2. The fourth-order valence-electron chi connectivity index (χ4n) is 6.10. The van der Waals surface area contributed by atoms with Crippen molar-refractivity contribution in [3.8, 4) is 0 Å². The van der Waals surface area contributed by atoms with Gasteiger partial charge in [-0.3, -0.25) is 19.7 Å². The van der Waals surface area contributed by atoms with E-state index >= 15 is 0 Å². The number of piperazine rings is 1. The number of para-hydroxylation sites is 1. The Bertz CT molecular complexity index is 1300. The number of aromatic nitrogens is 1. The van der Waals surface area contributed by atoms with Gasteiger partial charge in [-0.25, -0.2) is 0 Å². The maximum atomic E-state index is 12.9.